The van der Waals surface area contributed by atoms with Gasteiger partial charge in [0.15, 0.2) is 0 Å². The third kappa shape index (κ3) is 4.31. The fourth-order valence-electron chi connectivity index (χ4n) is 2.60. The van der Waals surface area contributed by atoms with Crippen LogP contribution in [-0.2, 0) is 6.42 Å². The minimum atomic E-state index is 0.812. The van der Waals surface area contributed by atoms with Crippen LogP contribution < -0.4 is 5.43 Å². The first-order valence-electron chi connectivity index (χ1n) is 8.45. The summed E-state index contributed by atoms with van der Waals surface area (Å²) in [6, 6.07) is 12.3. The summed E-state index contributed by atoms with van der Waals surface area (Å²) >= 11 is 1.67. The van der Waals surface area contributed by atoms with E-state index in [0.29, 0.717) is 0 Å². The predicted molar refractivity (Wildman–Crippen MR) is 106 cm³/mol. The predicted octanol–water partition coefficient (Wildman–Crippen LogP) is 5.22. The fourth-order valence-corrected chi connectivity index (χ4v) is 3.63. The molecule has 25 heavy (non-hydrogen) atoms. The Labute approximate surface area is 152 Å². The van der Waals surface area contributed by atoms with Crippen LogP contribution in [0.1, 0.15) is 35.0 Å². The molecule has 0 spiro atoms. The Morgan fingerprint density at radius 2 is 2.08 bits per heavy atom. The molecule has 0 bridgehead atoms. The van der Waals surface area contributed by atoms with E-state index in [2.05, 4.69) is 54.5 Å². The van der Waals surface area contributed by atoms with Gasteiger partial charge in [-0.25, -0.2) is 4.98 Å². The summed E-state index contributed by atoms with van der Waals surface area (Å²) in [6.45, 7) is 6.44. The van der Waals surface area contributed by atoms with E-state index >= 15 is 0 Å². The molecule has 0 saturated carbocycles. The molecule has 3 aromatic rings. The van der Waals surface area contributed by atoms with E-state index in [9.17, 15) is 0 Å². The summed E-state index contributed by atoms with van der Waals surface area (Å²) in [5.41, 5.74) is 8.65. The van der Waals surface area contributed by atoms with Crippen molar-refractivity contribution in [3.63, 3.8) is 0 Å². The summed E-state index contributed by atoms with van der Waals surface area (Å²) in [5.74, 6) is 0. The van der Waals surface area contributed by atoms with Crippen molar-refractivity contribution in [2.24, 2.45) is 5.10 Å². The van der Waals surface area contributed by atoms with Gasteiger partial charge in [-0.2, -0.15) is 5.10 Å². The summed E-state index contributed by atoms with van der Waals surface area (Å²) < 4.78 is 0. The zero-order chi connectivity index (χ0) is 17.6. The van der Waals surface area contributed by atoms with Crippen LogP contribution in [0.2, 0.25) is 0 Å². The Morgan fingerprint density at radius 3 is 2.84 bits per heavy atom. The second kappa shape index (κ2) is 8.03. The first-order valence-corrected chi connectivity index (χ1v) is 9.26. The van der Waals surface area contributed by atoms with Gasteiger partial charge in [0.05, 0.1) is 17.6 Å². The zero-order valence-corrected chi connectivity index (χ0v) is 15.6. The summed E-state index contributed by atoms with van der Waals surface area (Å²) in [5, 5.41) is 5.08. The molecule has 0 aliphatic heterocycles. The van der Waals surface area contributed by atoms with Gasteiger partial charge >= 0.3 is 0 Å². The molecule has 0 atom stereocenters. The van der Waals surface area contributed by atoms with Crippen LogP contribution in [0.15, 0.2) is 47.7 Å². The number of aromatic nitrogens is 2. The second-order valence-corrected chi connectivity index (χ2v) is 7.07. The van der Waals surface area contributed by atoms with E-state index < -0.39 is 0 Å². The summed E-state index contributed by atoms with van der Waals surface area (Å²) in [7, 11) is 0. The second-order valence-electron chi connectivity index (χ2n) is 5.98. The Kier molecular flexibility index (Phi) is 5.56. The molecule has 0 fully saturated rings. The van der Waals surface area contributed by atoms with Crippen molar-refractivity contribution in [3.05, 3.63) is 64.3 Å². The Bertz CT molecular complexity index is 869. The average molecular weight is 350 g/mol. The highest BCUT2D eigenvalue weighted by Gasteiger charge is 2.14. The minimum absolute atomic E-state index is 0.812. The number of anilines is 1. The molecule has 0 saturated heterocycles. The van der Waals surface area contributed by atoms with Crippen LogP contribution >= 0.6 is 11.3 Å². The number of rotatable bonds is 6. The highest BCUT2D eigenvalue weighted by molar-refractivity contribution is 7.16. The number of nitrogens with zero attached hydrogens (tertiary/aromatic N) is 3. The van der Waals surface area contributed by atoms with Crippen molar-refractivity contribution in [2.75, 3.05) is 5.43 Å². The number of aryl methyl sites for hydroxylation is 3. The van der Waals surface area contributed by atoms with Gasteiger partial charge in [0.2, 0.25) is 5.13 Å². The maximum absolute atomic E-state index is 4.81. The van der Waals surface area contributed by atoms with Gasteiger partial charge in [0, 0.05) is 16.6 Å². The highest BCUT2D eigenvalue weighted by Crippen LogP contribution is 2.34. The molecule has 1 aromatic carbocycles. The molecule has 0 amide bonds. The van der Waals surface area contributed by atoms with Crippen LogP contribution in [0, 0.1) is 13.8 Å². The molecule has 3 rings (SSSR count). The smallest absolute Gasteiger partial charge is 0.204 e. The minimum Gasteiger partial charge on any atom is -0.255 e. The lowest BCUT2D eigenvalue weighted by atomic mass is 10.0. The van der Waals surface area contributed by atoms with Crippen molar-refractivity contribution < 1.29 is 0 Å². The van der Waals surface area contributed by atoms with Gasteiger partial charge in [-0.3, -0.25) is 10.4 Å². The van der Waals surface area contributed by atoms with Crippen LogP contribution in [0.25, 0.3) is 11.3 Å². The zero-order valence-electron chi connectivity index (χ0n) is 14.8. The van der Waals surface area contributed by atoms with Crippen molar-refractivity contribution in [2.45, 2.75) is 33.6 Å². The van der Waals surface area contributed by atoms with E-state index in [1.165, 1.54) is 21.6 Å². The molecular formula is C20H22N4S. The van der Waals surface area contributed by atoms with Gasteiger partial charge in [-0.05, 0) is 44.0 Å². The van der Waals surface area contributed by atoms with Gasteiger partial charge in [0.1, 0.15) is 0 Å². The van der Waals surface area contributed by atoms with Gasteiger partial charge in [-0.15, -0.1) is 0 Å². The Hall–Kier alpha value is -2.53. The third-order valence-corrected chi connectivity index (χ3v) is 4.89. The third-order valence-electron chi connectivity index (χ3n) is 3.87. The molecular weight excluding hydrogens is 328 g/mol. The lowest BCUT2D eigenvalue weighted by molar-refractivity contribution is 0.938. The number of thiazole rings is 1. The van der Waals surface area contributed by atoms with E-state index in [1.54, 1.807) is 23.7 Å². The number of hydrogen-bond acceptors (Lipinski definition) is 5. The molecule has 4 nitrogen and oxygen atoms in total. The van der Waals surface area contributed by atoms with Crippen molar-refractivity contribution >= 4 is 22.7 Å². The Morgan fingerprint density at radius 1 is 1.20 bits per heavy atom. The lowest BCUT2D eigenvalue weighted by Crippen LogP contribution is -1.92. The number of pyridine rings is 1. The summed E-state index contributed by atoms with van der Waals surface area (Å²) in [4.78, 5) is 10.3. The van der Waals surface area contributed by atoms with Crippen LogP contribution in [0.4, 0.5) is 5.13 Å². The van der Waals surface area contributed by atoms with E-state index in [0.717, 1.165) is 29.4 Å². The van der Waals surface area contributed by atoms with E-state index in [4.69, 9.17) is 4.98 Å². The topological polar surface area (TPSA) is 50.2 Å². The first-order chi connectivity index (χ1) is 12.2. The van der Waals surface area contributed by atoms with Gasteiger partial charge in [0.25, 0.3) is 0 Å². The van der Waals surface area contributed by atoms with E-state index in [1.807, 2.05) is 18.2 Å². The Balaban J connectivity index is 1.87. The highest BCUT2D eigenvalue weighted by atomic mass is 32.1. The van der Waals surface area contributed by atoms with Crippen LogP contribution in [0.5, 0.6) is 0 Å². The molecule has 5 heteroatoms. The monoisotopic (exact) mass is 350 g/mol. The molecule has 0 aliphatic rings. The molecule has 128 valence electrons. The van der Waals surface area contributed by atoms with Crippen molar-refractivity contribution in [3.8, 4) is 11.3 Å². The molecule has 0 unspecified atom stereocenters. The molecule has 0 aliphatic carbocycles. The standard InChI is InChI=1S/C20H22N4S/c1-4-7-18-19(17-12-14(2)9-10-15(17)3)23-20(25-18)24-22-13-16-8-5-6-11-21-16/h5-6,8-13H,4,7H2,1-3H3,(H,23,24)/b22-13+. The quantitative estimate of drug-likeness (QED) is 0.490. The van der Waals surface area contributed by atoms with Crippen LogP contribution in [-0.4, -0.2) is 16.2 Å². The normalized spacial score (nSPS) is 11.2. The largest absolute Gasteiger partial charge is 0.255 e. The number of benzene rings is 1. The average Bonchev–Trinajstić information content (AvgIpc) is 3.01. The maximum Gasteiger partial charge on any atom is 0.204 e. The van der Waals surface area contributed by atoms with Crippen molar-refractivity contribution in [1.82, 2.24) is 9.97 Å². The molecule has 1 N–H and O–H groups in total. The van der Waals surface area contributed by atoms with Crippen molar-refractivity contribution in [1.29, 1.82) is 0 Å². The van der Waals surface area contributed by atoms with Gasteiger partial charge < -0.3 is 0 Å². The SMILES string of the molecule is CCCc1sc(N/N=C/c2ccccn2)nc1-c1cc(C)ccc1C. The van der Waals surface area contributed by atoms with E-state index in [-0.39, 0.29) is 0 Å². The van der Waals surface area contributed by atoms with Crippen LogP contribution in [0.3, 0.4) is 0 Å². The first kappa shape index (κ1) is 17.3. The molecule has 0 radical (unpaired) electrons. The number of nitrogens with one attached hydrogen (secondary N) is 1. The maximum atomic E-state index is 4.81. The fraction of sp³-hybridized carbons (Fsp3) is 0.250. The number of hydrazone groups is 1. The lowest BCUT2D eigenvalue weighted by Gasteiger charge is -2.06. The van der Waals surface area contributed by atoms with Gasteiger partial charge in [-0.1, -0.05) is 48.4 Å². The molecule has 2 heterocycles. The number of hydrogen-bond donors (Lipinski definition) is 1. The summed E-state index contributed by atoms with van der Waals surface area (Å²) in [6.07, 6.45) is 5.57. The molecule has 2 aromatic heterocycles.